The molecule has 1 N–H and O–H groups in total. The van der Waals surface area contributed by atoms with E-state index in [1.54, 1.807) is 51.1 Å². The molecular formula is C20H23NO6. The number of furan rings is 1. The lowest BCUT2D eigenvalue weighted by Crippen LogP contribution is -2.41. The molecule has 0 radical (unpaired) electrons. The van der Waals surface area contributed by atoms with Crippen molar-refractivity contribution in [2.24, 2.45) is 5.41 Å². The summed E-state index contributed by atoms with van der Waals surface area (Å²) in [4.78, 5) is 35.5. The summed E-state index contributed by atoms with van der Waals surface area (Å²) in [6.45, 7) is 5.25. The van der Waals surface area contributed by atoms with Crippen molar-refractivity contribution in [3.05, 3.63) is 41.7 Å². The Morgan fingerprint density at radius 3 is 2.37 bits per heavy atom. The van der Waals surface area contributed by atoms with Gasteiger partial charge in [0.15, 0.2) is 18.1 Å². The minimum absolute atomic E-state index is 0.206. The van der Waals surface area contributed by atoms with Gasteiger partial charge in [-0.25, -0.2) is 4.79 Å². The second-order valence-corrected chi connectivity index (χ2v) is 6.96. The number of benzene rings is 1. The van der Waals surface area contributed by atoms with Crippen molar-refractivity contribution in [1.29, 1.82) is 0 Å². The predicted octanol–water partition coefficient (Wildman–Crippen LogP) is 3.14. The molecule has 1 amide bonds. The maximum atomic E-state index is 12.4. The number of carbonyl (C=O) groups is 3. The number of aldehydes is 1. The van der Waals surface area contributed by atoms with E-state index < -0.39 is 17.4 Å². The number of nitrogens with one attached hydrogen (secondary N) is 1. The van der Waals surface area contributed by atoms with E-state index in [9.17, 15) is 14.4 Å². The van der Waals surface area contributed by atoms with Crippen LogP contribution in [0.2, 0.25) is 0 Å². The van der Waals surface area contributed by atoms with Crippen LogP contribution in [0.3, 0.4) is 0 Å². The molecule has 0 saturated carbocycles. The summed E-state index contributed by atoms with van der Waals surface area (Å²) in [6, 6.07) is 7.24. The Morgan fingerprint density at radius 1 is 1.15 bits per heavy atom. The first kappa shape index (κ1) is 20.2. The third kappa shape index (κ3) is 4.55. The van der Waals surface area contributed by atoms with Crippen LogP contribution < -0.4 is 10.1 Å². The topological polar surface area (TPSA) is 94.8 Å². The zero-order valence-electron chi connectivity index (χ0n) is 16.0. The van der Waals surface area contributed by atoms with Crippen molar-refractivity contribution in [1.82, 2.24) is 5.32 Å². The van der Waals surface area contributed by atoms with E-state index in [2.05, 4.69) is 5.32 Å². The molecule has 2 rings (SSSR count). The fourth-order valence-electron chi connectivity index (χ4n) is 2.40. The van der Waals surface area contributed by atoms with E-state index in [4.69, 9.17) is 13.9 Å². The van der Waals surface area contributed by atoms with Gasteiger partial charge in [-0.3, -0.25) is 9.59 Å². The van der Waals surface area contributed by atoms with Crippen molar-refractivity contribution in [2.45, 2.75) is 26.8 Å². The highest BCUT2D eigenvalue weighted by atomic mass is 16.5. The van der Waals surface area contributed by atoms with Gasteiger partial charge >= 0.3 is 5.97 Å². The van der Waals surface area contributed by atoms with E-state index >= 15 is 0 Å². The Balaban J connectivity index is 2.44. The smallest absolute Gasteiger partial charge is 0.333 e. The van der Waals surface area contributed by atoms with Crippen LogP contribution in [0.15, 0.2) is 34.7 Å². The second kappa shape index (κ2) is 8.07. The Labute approximate surface area is 157 Å². The van der Waals surface area contributed by atoms with Crippen LogP contribution in [-0.2, 0) is 14.3 Å². The Hall–Kier alpha value is -3.09. The standard InChI is InChI=1S/C20H23NO6/c1-20(2,3)19(24)21-17(18(23)26-5)14-8-6-12(10-16(14)25-4)15-9-7-13(11-22)27-15/h6-11,17H,1-5H3,(H,21,24). The highest BCUT2D eigenvalue weighted by Gasteiger charge is 2.31. The fourth-order valence-corrected chi connectivity index (χ4v) is 2.40. The van der Waals surface area contributed by atoms with E-state index in [1.807, 2.05) is 0 Å². The van der Waals surface area contributed by atoms with Gasteiger partial charge in [-0.05, 0) is 18.2 Å². The number of hydrogen-bond donors (Lipinski definition) is 1. The average molecular weight is 373 g/mol. The Morgan fingerprint density at radius 2 is 1.85 bits per heavy atom. The van der Waals surface area contributed by atoms with Gasteiger partial charge in [-0.15, -0.1) is 0 Å². The lowest BCUT2D eigenvalue weighted by Gasteiger charge is -2.24. The monoisotopic (exact) mass is 373 g/mol. The molecule has 1 heterocycles. The van der Waals surface area contributed by atoms with Crippen molar-refractivity contribution in [3.63, 3.8) is 0 Å². The number of methoxy groups -OCH3 is 2. The predicted molar refractivity (Wildman–Crippen MR) is 98.4 cm³/mol. The van der Waals surface area contributed by atoms with Gasteiger partial charge in [0.2, 0.25) is 5.91 Å². The van der Waals surface area contributed by atoms with E-state index in [0.29, 0.717) is 28.9 Å². The molecule has 7 nitrogen and oxygen atoms in total. The van der Waals surface area contributed by atoms with Crippen LogP contribution >= 0.6 is 0 Å². The van der Waals surface area contributed by atoms with Crippen LogP contribution in [0.4, 0.5) is 0 Å². The fraction of sp³-hybridized carbons (Fsp3) is 0.350. The van der Waals surface area contributed by atoms with Crippen LogP contribution in [0.25, 0.3) is 11.3 Å². The molecule has 0 spiro atoms. The zero-order chi connectivity index (χ0) is 20.2. The molecule has 0 fully saturated rings. The summed E-state index contributed by atoms with van der Waals surface area (Å²) >= 11 is 0. The summed E-state index contributed by atoms with van der Waals surface area (Å²) in [5.74, 6) is 0.153. The van der Waals surface area contributed by atoms with Gasteiger partial charge in [0, 0.05) is 16.5 Å². The highest BCUT2D eigenvalue weighted by molar-refractivity contribution is 5.88. The van der Waals surface area contributed by atoms with Crippen LogP contribution in [0.5, 0.6) is 5.75 Å². The lowest BCUT2D eigenvalue weighted by atomic mass is 9.94. The van der Waals surface area contributed by atoms with Gasteiger partial charge in [0.05, 0.1) is 14.2 Å². The molecule has 1 unspecified atom stereocenters. The minimum atomic E-state index is -1.02. The maximum absolute atomic E-state index is 12.4. The molecule has 2 aromatic rings. The molecular weight excluding hydrogens is 350 g/mol. The number of esters is 1. The van der Waals surface area contributed by atoms with Gasteiger partial charge in [-0.1, -0.05) is 32.9 Å². The number of hydrogen-bond acceptors (Lipinski definition) is 6. The Kier molecular flexibility index (Phi) is 6.05. The molecule has 0 aliphatic carbocycles. The van der Waals surface area contributed by atoms with Gasteiger partial charge < -0.3 is 19.2 Å². The zero-order valence-corrected chi connectivity index (χ0v) is 16.0. The average Bonchev–Trinajstić information content (AvgIpc) is 3.13. The van der Waals surface area contributed by atoms with Gasteiger partial charge in [0.25, 0.3) is 0 Å². The number of ether oxygens (including phenoxy) is 2. The van der Waals surface area contributed by atoms with E-state index in [1.165, 1.54) is 14.2 Å². The molecule has 144 valence electrons. The van der Waals surface area contributed by atoms with Crippen molar-refractivity contribution in [2.75, 3.05) is 14.2 Å². The van der Waals surface area contributed by atoms with E-state index in [0.717, 1.165) is 0 Å². The molecule has 1 atom stereocenters. The molecule has 1 aromatic carbocycles. The number of rotatable bonds is 6. The van der Waals surface area contributed by atoms with Gasteiger partial charge in [0.1, 0.15) is 11.5 Å². The highest BCUT2D eigenvalue weighted by Crippen LogP contribution is 2.33. The summed E-state index contributed by atoms with van der Waals surface area (Å²) in [5, 5.41) is 2.71. The summed E-state index contributed by atoms with van der Waals surface area (Å²) in [7, 11) is 2.71. The second-order valence-electron chi connectivity index (χ2n) is 6.96. The first-order chi connectivity index (χ1) is 12.7. The quantitative estimate of drug-likeness (QED) is 0.617. The summed E-state index contributed by atoms with van der Waals surface area (Å²) < 4.78 is 15.7. The van der Waals surface area contributed by atoms with Gasteiger partial charge in [-0.2, -0.15) is 0 Å². The van der Waals surface area contributed by atoms with Crippen molar-refractivity contribution < 1.29 is 28.3 Å². The molecule has 0 aliphatic rings. The van der Waals surface area contributed by atoms with Crippen molar-refractivity contribution >= 4 is 18.2 Å². The minimum Gasteiger partial charge on any atom is -0.496 e. The number of carbonyl (C=O) groups excluding carboxylic acids is 3. The first-order valence-electron chi connectivity index (χ1n) is 8.33. The molecule has 1 aromatic heterocycles. The largest absolute Gasteiger partial charge is 0.496 e. The third-order valence-corrected chi connectivity index (χ3v) is 3.97. The van der Waals surface area contributed by atoms with Crippen LogP contribution in [0, 0.1) is 5.41 Å². The molecule has 7 heteroatoms. The maximum Gasteiger partial charge on any atom is 0.333 e. The molecule has 0 aliphatic heterocycles. The van der Waals surface area contributed by atoms with E-state index in [-0.39, 0.29) is 11.7 Å². The van der Waals surface area contributed by atoms with Crippen LogP contribution in [0.1, 0.15) is 42.9 Å². The third-order valence-electron chi connectivity index (χ3n) is 3.97. The first-order valence-corrected chi connectivity index (χ1v) is 8.33. The summed E-state index contributed by atoms with van der Waals surface area (Å²) in [6.07, 6.45) is 0.615. The lowest BCUT2D eigenvalue weighted by molar-refractivity contribution is -0.146. The Bertz CT molecular complexity index is 846. The molecule has 0 bridgehead atoms. The molecule has 27 heavy (non-hydrogen) atoms. The molecule has 0 saturated heterocycles. The number of amides is 1. The van der Waals surface area contributed by atoms with Crippen LogP contribution in [-0.4, -0.2) is 32.4 Å². The normalized spacial score (nSPS) is 12.2. The van der Waals surface area contributed by atoms with Crippen molar-refractivity contribution in [3.8, 4) is 17.1 Å². The SMILES string of the molecule is COC(=O)C(NC(=O)C(C)(C)C)c1ccc(-c2ccc(C=O)o2)cc1OC. The summed E-state index contributed by atoms with van der Waals surface area (Å²) in [5.41, 5.74) is 0.432.